The van der Waals surface area contributed by atoms with E-state index in [0.717, 1.165) is 5.56 Å². The zero-order chi connectivity index (χ0) is 20.9. The summed E-state index contributed by atoms with van der Waals surface area (Å²) in [6.07, 6.45) is 0.845. The van der Waals surface area contributed by atoms with E-state index in [1.54, 1.807) is 19.2 Å². The lowest BCUT2D eigenvalue weighted by atomic mass is 10.1. The number of aryl methyl sites for hydroxylation is 1. The van der Waals surface area contributed by atoms with Gasteiger partial charge in [-0.15, -0.1) is 0 Å². The van der Waals surface area contributed by atoms with E-state index in [2.05, 4.69) is 10.4 Å². The van der Waals surface area contributed by atoms with Crippen molar-refractivity contribution in [2.75, 3.05) is 12.5 Å². The third-order valence-electron chi connectivity index (χ3n) is 4.92. The van der Waals surface area contributed by atoms with Gasteiger partial charge in [0.25, 0.3) is 5.91 Å². The zero-order valence-electron chi connectivity index (χ0n) is 16.6. The summed E-state index contributed by atoms with van der Waals surface area (Å²) in [5, 5.41) is 0.486. The number of methoxy groups -OCH3 is 1. The van der Waals surface area contributed by atoms with E-state index in [9.17, 15) is 9.59 Å². The number of benzene rings is 3. The van der Waals surface area contributed by atoms with Crippen molar-refractivity contribution < 1.29 is 14.5 Å². The Balaban J connectivity index is 1.74. The molecular weight excluding hydrogens is 378 g/mol. The molecule has 0 saturated carbocycles. The number of carbonyl (C=O) groups is 1. The topological polar surface area (TPSA) is 74.5 Å². The summed E-state index contributed by atoms with van der Waals surface area (Å²) in [6, 6.07) is 24.3. The number of amides is 1. The lowest BCUT2D eigenvalue weighted by molar-refractivity contribution is -0.337. The van der Waals surface area contributed by atoms with E-state index < -0.39 is 0 Å². The van der Waals surface area contributed by atoms with Crippen molar-refractivity contribution in [1.29, 1.82) is 0 Å². The maximum atomic E-state index is 13.2. The van der Waals surface area contributed by atoms with Gasteiger partial charge in [0.05, 0.1) is 7.11 Å². The molecule has 2 N–H and O–H groups in total. The number of nitrogens with zero attached hydrogens (tertiary/aromatic N) is 1. The number of ether oxygens (including phenoxy) is 1. The van der Waals surface area contributed by atoms with Gasteiger partial charge < -0.3 is 4.74 Å². The monoisotopic (exact) mass is 400 g/mol. The second kappa shape index (κ2) is 8.61. The quantitative estimate of drug-likeness (QED) is 0.540. The van der Waals surface area contributed by atoms with Gasteiger partial charge in [-0.25, -0.2) is 9.78 Å². The zero-order valence-corrected chi connectivity index (χ0v) is 16.6. The predicted octanol–water partition coefficient (Wildman–Crippen LogP) is 3.19. The van der Waals surface area contributed by atoms with E-state index in [1.165, 1.54) is 4.68 Å². The SMILES string of the molecule is COc1ccccc1-c1[nH+]c2ccccc2c(=O)n1NC(=O)CCc1ccccc1. The highest BCUT2D eigenvalue weighted by molar-refractivity contribution is 5.85. The van der Waals surface area contributed by atoms with Crippen LogP contribution in [0.15, 0.2) is 83.7 Å². The van der Waals surface area contributed by atoms with Crippen LogP contribution < -0.4 is 20.7 Å². The lowest BCUT2D eigenvalue weighted by Crippen LogP contribution is -2.39. The summed E-state index contributed by atoms with van der Waals surface area (Å²) >= 11 is 0. The Morgan fingerprint density at radius 1 is 0.967 bits per heavy atom. The van der Waals surface area contributed by atoms with Crippen LogP contribution in [0.25, 0.3) is 22.3 Å². The number of hydrogen-bond acceptors (Lipinski definition) is 3. The van der Waals surface area contributed by atoms with Gasteiger partial charge in [0.15, 0.2) is 0 Å². The Morgan fingerprint density at radius 3 is 2.47 bits per heavy atom. The van der Waals surface area contributed by atoms with Crippen LogP contribution in [-0.4, -0.2) is 17.7 Å². The minimum atomic E-state index is -0.307. The number of H-pyrrole nitrogens is 1. The molecule has 0 radical (unpaired) electrons. The van der Waals surface area contributed by atoms with Crippen LogP contribution in [0.4, 0.5) is 0 Å². The normalized spacial score (nSPS) is 10.7. The molecule has 30 heavy (non-hydrogen) atoms. The molecule has 0 atom stereocenters. The fourth-order valence-corrected chi connectivity index (χ4v) is 3.40. The van der Waals surface area contributed by atoms with Crippen LogP contribution in [0.1, 0.15) is 12.0 Å². The Morgan fingerprint density at radius 2 is 1.67 bits per heavy atom. The van der Waals surface area contributed by atoms with Crippen LogP contribution >= 0.6 is 0 Å². The molecule has 4 aromatic rings. The van der Waals surface area contributed by atoms with E-state index >= 15 is 0 Å². The summed E-state index contributed by atoms with van der Waals surface area (Å²) in [6.45, 7) is 0. The highest BCUT2D eigenvalue weighted by Crippen LogP contribution is 2.26. The molecule has 6 heteroatoms. The smallest absolute Gasteiger partial charge is 0.369 e. The molecule has 6 nitrogen and oxygen atoms in total. The summed E-state index contributed by atoms with van der Waals surface area (Å²) < 4.78 is 6.74. The van der Waals surface area contributed by atoms with E-state index in [0.29, 0.717) is 34.5 Å². The van der Waals surface area contributed by atoms with Crippen molar-refractivity contribution in [3.8, 4) is 17.1 Å². The Bertz CT molecular complexity index is 1250. The van der Waals surface area contributed by atoms with Crippen LogP contribution in [0.2, 0.25) is 0 Å². The van der Waals surface area contributed by atoms with Gasteiger partial charge in [0.1, 0.15) is 22.2 Å². The Labute approximate surface area is 173 Å². The van der Waals surface area contributed by atoms with Crippen molar-refractivity contribution in [2.24, 2.45) is 0 Å². The average molecular weight is 400 g/mol. The van der Waals surface area contributed by atoms with Crippen molar-refractivity contribution in [3.63, 3.8) is 0 Å². The molecule has 0 aliphatic heterocycles. The highest BCUT2D eigenvalue weighted by atomic mass is 16.5. The van der Waals surface area contributed by atoms with Crippen LogP contribution in [0, 0.1) is 0 Å². The van der Waals surface area contributed by atoms with E-state index in [1.807, 2.05) is 66.7 Å². The molecule has 0 bridgehead atoms. The molecule has 0 saturated heterocycles. The number of hydrogen-bond donors (Lipinski definition) is 1. The molecule has 0 unspecified atom stereocenters. The lowest BCUT2D eigenvalue weighted by Gasteiger charge is -2.10. The van der Waals surface area contributed by atoms with Gasteiger partial charge in [0.2, 0.25) is 0 Å². The Kier molecular flexibility index (Phi) is 5.57. The standard InChI is InChI=1S/C24H21N3O3/c1-30-21-14-8-6-12-19(21)23-25-20-13-7-5-11-18(20)24(29)27(23)26-22(28)16-15-17-9-3-2-4-10-17/h2-14H,15-16H2,1H3,(H,26,28)/p+1. The van der Waals surface area contributed by atoms with E-state index in [4.69, 9.17) is 4.74 Å². The van der Waals surface area contributed by atoms with Crippen molar-refractivity contribution in [1.82, 2.24) is 4.68 Å². The third-order valence-corrected chi connectivity index (χ3v) is 4.92. The van der Waals surface area contributed by atoms with Gasteiger partial charge in [-0.05, 0) is 36.2 Å². The van der Waals surface area contributed by atoms with Gasteiger partial charge in [0, 0.05) is 6.42 Å². The summed E-state index contributed by atoms with van der Waals surface area (Å²) in [4.78, 5) is 29.2. The minimum absolute atomic E-state index is 0.249. The second-order valence-electron chi connectivity index (χ2n) is 6.88. The molecular formula is C24H22N3O3+. The summed E-state index contributed by atoms with van der Waals surface area (Å²) in [5.74, 6) is 0.792. The van der Waals surface area contributed by atoms with Crippen LogP contribution in [0.5, 0.6) is 5.75 Å². The number of carbonyl (C=O) groups excluding carboxylic acids is 1. The Hall–Kier alpha value is -3.93. The molecule has 0 aliphatic carbocycles. The molecule has 150 valence electrons. The number of aromatic amines is 1. The van der Waals surface area contributed by atoms with Crippen molar-refractivity contribution >= 4 is 16.8 Å². The largest absolute Gasteiger partial charge is 0.496 e. The summed E-state index contributed by atoms with van der Waals surface area (Å²) in [5.41, 5.74) is 4.88. The molecule has 3 aromatic carbocycles. The predicted molar refractivity (Wildman–Crippen MR) is 116 cm³/mol. The number of rotatable bonds is 6. The highest BCUT2D eigenvalue weighted by Gasteiger charge is 2.24. The molecule has 4 rings (SSSR count). The number of para-hydroxylation sites is 2. The first-order chi connectivity index (χ1) is 14.7. The molecule has 0 aliphatic rings. The van der Waals surface area contributed by atoms with Gasteiger partial charge >= 0.3 is 11.4 Å². The molecule has 1 aromatic heterocycles. The van der Waals surface area contributed by atoms with Crippen LogP contribution in [0.3, 0.4) is 0 Å². The van der Waals surface area contributed by atoms with Crippen molar-refractivity contribution in [3.05, 3.63) is 94.8 Å². The maximum absolute atomic E-state index is 13.2. The second-order valence-corrected chi connectivity index (χ2v) is 6.88. The fraction of sp³-hybridized carbons (Fsp3) is 0.125. The maximum Gasteiger partial charge on any atom is 0.369 e. The fourth-order valence-electron chi connectivity index (χ4n) is 3.40. The van der Waals surface area contributed by atoms with Crippen molar-refractivity contribution in [2.45, 2.75) is 12.8 Å². The van der Waals surface area contributed by atoms with Crippen LogP contribution in [-0.2, 0) is 11.2 Å². The molecule has 0 fully saturated rings. The van der Waals surface area contributed by atoms with Gasteiger partial charge in [-0.2, -0.15) is 5.43 Å². The number of fused-ring (bicyclic) bond motifs is 1. The van der Waals surface area contributed by atoms with Gasteiger partial charge in [-0.3, -0.25) is 4.79 Å². The average Bonchev–Trinajstić information content (AvgIpc) is 2.80. The summed E-state index contributed by atoms with van der Waals surface area (Å²) in [7, 11) is 1.57. The third kappa shape index (κ3) is 3.93. The number of aromatic nitrogens is 2. The molecule has 0 spiro atoms. The first-order valence-electron chi connectivity index (χ1n) is 9.71. The minimum Gasteiger partial charge on any atom is -0.496 e. The first kappa shape index (κ1) is 19.4. The first-order valence-corrected chi connectivity index (χ1v) is 9.71. The van der Waals surface area contributed by atoms with Gasteiger partial charge in [-0.1, -0.05) is 59.3 Å². The molecule has 1 amide bonds. The van der Waals surface area contributed by atoms with E-state index in [-0.39, 0.29) is 17.9 Å². The molecule has 1 heterocycles. The number of nitrogens with one attached hydrogen (secondary N) is 2.